The molecule has 0 fully saturated rings. The van der Waals surface area contributed by atoms with Crippen LogP contribution in [0.25, 0.3) is 0 Å². The van der Waals surface area contributed by atoms with Crippen LogP contribution in [0.5, 0.6) is 0 Å². The summed E-state index contributed by atoms with van der Waals surface area (Å²) in [6.07, 6.45) is 3.26. The molecule has 0 aliphatic heterocycles. The number of carbonyl (C=O) groups excluding carboxylic acids is 1. The first-order valence-electron chi connectivity index (χ1n) is 6.10. The first-order chi connectivity index (χ1) is 9.20. The molecular formula is C14H17NO4. The fourth-order valence-electron chi connectivity index (χ4n) is 1.92. The molecule has 1 aliphatic carbocycles. The molecule has 0 spiro atoms. The van der Waals surface area contributed by atoms with Gasteiger partial charge in [-0.2, -0.15) is 5.06 Å². The standard InChI is InChI=1S/C14H17NO4/c1-18-13-8-7-12(9-13)15(17)14(16)19-10-11-5-3-2-4-6-11/h2-8,12-13,17H,9-10H2,1H3/t12-,13-/m0/s1. The van der Waals surface area contributed by atoms with E-state index in [-0.39, 0.29) is 12.7 Å². The fraction of sp³-hybridized carbons (Fsp3) is 0.357. The van der Waals surface area contributed by atoms with Gasteiger partial charge in [-0.15, -0.1) is 0 Å². The van der Waals surface area contributed by atoms with Gasteiger partial charge in [0.1, 0.15) is 6.61 Å². The SMILES string of the molecule is CO[C@H]1C=C[C@H](N(O)C(=O)OCc2ccccc2)C1. The van der Waals surface area contributed by atoms with Gasteiger partial charge in [-0.3, -0.25) is 5.21 Å². The van der Waals surface area contributed by atoms with Gasteiger partial charge < -0.3 is 9.47 Å². The Kier molecular flexibility index (Phi) is 4.54. The molecule has 2 atom stereocenters. The van der Waals surface area contributed by atoms with Crippen molar-refractivity contribution in [2.45, 2.75) is 25.2 Å². The number of hydrogen-bond donors (Lipinski definition) is 1. The van der Waals surface area contributed by atoms with Crippen LogP contribution in [0.3, 0.4) is 0 Å². The van der Waals surface area contributed by atoms with E-state index in [1.54, 1.807) is 13.2 Å². The molecule has 1 aliphatic rings. The van der Waals surface area contributed by atoms with Crippen molar-refractivity contribution in [2.75, 3.05) is 7.11 Å². The molecule has 102 valence electrons. The van der Waals surface area contributed by atoms with Crippen LogP contribution in [0.4, 0.5) is 4.79 Å². The minimum Gasteiger partial charge on any atom is -0.443 e. The highest BCUT2D eigenvalue weighted by atomic mass is 16.6. The van der Waals surface area contributed by atoms with E-state index < -0.39 is 12.1 Å². The maximum Gasteiger partial charge on any atom is 0.434 e. The summed E-state index contributed by atoms with van der Waals surface area (Å²) < 4.78 is 10.2. The summed E-state index contributed by atoms with van der Waals surface area (Å²) in [5, 5.41) is 10.4. The highest BCUT2D eigenvalue weighted by Gasteiger charge is 2.27. The van der Waals surface area contributed by atoms with Crippen LogP contribution in [0.15, 0.2) is 42.5 Å². The van der Waals surface area contributed by atoms with Gasteiger partial charge in [-0.1, -0.05) is 42.5 Å². The molecular weight excluding hydrogens is 246 g/mol. The van der Waals surface area contributed by atoms with E-state index in [4.69, 9.17) is 9.47 Å². The van der Waals surface area contributed by atoms with Crippen molar-refractivity contribution in [3.63, 3.8) is 0 Å². The van der Waals surface area contributed by atoms with Gasteiger partial charge in [0.15, 0.2) is 0 Å². The van der Waals surface area contributed by atoms with E-state index in [0.29, 0.717) is 11.5 Å². The van der Waals surface area contributed by atoms with Crippen molar-refractivity contribution in [1.82, 2.24) is 5.06 Å². The lowest BCUT2D eigenvalue weighted by molar-refractivity contribution is -0.0983. The molecule has 0 radical (unpaired) electrons. The Morgan fingerprint density at radius 3 is 2.74 bits per heavy atom. The third-order valence-corrected chi connectivity index (χ3v) is 3.03. The number of rotatable bonds is 4. The number of hydrogen-bond acceptors (Lipinski definition) is 4. The van der Waals surface area contributed by atoms with E-state index in [1.165, 1.54) is 0 Å². The molecule has 1 amide bonds. The average Bonchev–Trinajstić information content (AvgIpc) is 2.94. The zero-order valence-corrected chi connectivity index (χ0v) is 10.7. The molecule has 5 heteroatoms. The van der Waals surface area contributed by atoms with Gasteiger partial charge in [0.05, 0.1) is 12.1 Å². The van der Waals surface area contributed by atoms with E-state index in [0.717, 1.165) is 5.56 Å². The molecule has 0 saturated heterocycles. The fourth-order valence-corrected chi connectivity index (χ4v) is 1.92. The Morgan fingerprint density at radius 1 is 1.37 bits per heavy atom. The third-order valence-electron chi connectivity index (χ3n) is 3.03. The number of benzene rings is 1. The molecule has 19 heavy (non-hydrogen) atoms. The summed E-state index contributed by atoms with van der Waals surface area (Å²) in [5.41, 5.74) is 0.876. The van der Waals surface area contributed by atoms with Crippen LogP contribution in [-0.4, -0.2) is 35.6 Å². The predicted octanol–water partition coefficient (Wildman–Crippen LogP) is 2.36. The summed E-state index contributed by atoms with van der Waals surface area (Å²) in [5.74, 6) is 0. The highest BCUT2D eigenvalue weighted by molar-refractivity contribution is 5.67. The second-order valence-corrected chi connectivity index (χ2v) is 4.35. The molecule has 0 aromatic heterocycles. The number of ether oxygens (including phenoxy) is 2. The molecule has 5 nitrogen and oxygen atoms in total. The number of methoxy groups -OCH3 is 1. The summed E-state index contributed by atoms with van der Waals surface area (Å²) in [4.78, 5) is 11.7. The first kappa shape index (κ1) is 13.6. The largest absolute Gasteiger partial charge is 0.443 e. The van der Waals surface area contributed by atoms with Gasteiger partial charge in [0.25, 0.3) is 0 Å². The molecule has 2 rings (SSSR count). The molecule has 0 saturated carbocycles. The quantitative estimate of drug-likeness (QED) is 0.514. The summed E-state index contributed by atoms with van der Waals surface area (Å²) in [6, 6.07) is 8.92. The van der Waals surface area contributed by atoms with Crippen molar-refractivity contribution in [1.29, 1.82) is 0 Å². The highest BCUT2D eigenvalue weighted by Crippen LogP contribution is 2.18. The molecule has 1 aromatic carbocycles. The Hall–Kier alpha value is -1.85. The monoisotopic (exact) mass is 263 g/mol. The minimum absolute atomic E-state index is 0.0680. The lowest BCUT2D eigenvalue weighted by Gasteiger charge is -2.21. The van der Waals surface area contributed by atoms with Gasteiger partial charge >= 0.3 is 6.09 Å². The van der Waals surface area contributed by atoms with E-state index in [9.17, 15) is 10.0 Å². The van der Waals surface area contributed by atoms with Crippen molar-refractivity contribution in [3.05, 3.63) is 48.0 Å². The van der Waals surface area contributed by atoms with Crippen LogP contribution in [0, 0.1) is 0 Å². The van der Waals surface area contributed by atoms with Crippen LogP contribution in [0.1, 0.15) is 12.0 Å². The summed E-state index contributed by atoms with van der Waals surface area (Å²) in [6.45, 7) is 0.140. The molecule has 0 unspecified atom stereocenters. The lowest BCUT2D eigenvalue weighted by Crippen LogP contribution is -2.36. The predicted molar refractivity (Wildman–Crippen MR) is 68.6 cm³/mol. The summed E-state index contributed by atoms with van der Waals surface area (Å²) >= 11 is 0. The number of amides is 1. The Balaban J connectivity index is 1.82. The van der Waals surface area contributed by atoms with Gasteiger partial charge in [-0.25, -0.2) is 4.79 Å². The maximum atomic E-state index is 11.7. The van der Waals surface area contributed by atoms with Gasteiger partial charge in [0, 0.05) is 13.5 Å². The van der Waals surface area contributed by atoms with Gasteiger partial charge in [-0.05, 0) is 5.56 Å². The van der Waals surface area contributed by atoms with Crippen molar-refractivity contribution in [2.24, 2.45) is 0 Å². The molecule has 1 N–H and O–H groups in total. The van der Waals surface area contributed by atoms with Crippen molar-refractivity contribution >= 4 is 6.09 Å². The zero-order valence-electron chi connectivity index (χ0n) is 10.7. The number of nitrogens with zero attached hydrogens (tertiary/aromatic N) is 1. The molecule has 0 bridgehead atoms. The Morgan fingerprint density at radius 2 is 2.11 bits per heavy atom. The smallest absolute Gasteiger partial charge is 0.434 e. The Bertz CT molecular complexity index is 446. The van der Waals surface area contributed by atoms with Crippen LogP contribution >= 0.6 is 0 Å². The second kappa shape index (κ2) is 6.36. The first-order valence-corrected chi connectivity index (χ1v) is 6.10. The lowest BCUT2D eigenvalue weighted by atomic mass is 10.2. The van der Waals surface area contributed by atoms with E-state index in [1.807, 2.05) is 36.4 Å². The molecule has 0 heterocycles. The third kappa shape index (κ3) is 3.56. The van der Waals surface area contributed by atoms with Crippen LogP contribution < -0.4 is 0 Å². The normalized spacial score (nSPS) is 21.4. The maximum absolute atomic E-state index is 11.7. The second-order valence-electron chi connectivity index (χ2n) is 4.35. The van der Waals surface area contributed by atoms with Crippen molar-refractivity contribution in [3.8, 4) is 0 Å². The summed E-state index contributed by atoms with van der Waals surface area (Å²) in [7, 11) is 1.59. The van der Waals surface area contributed by atoms with Crippen LogP contribution in [0.2, 0.25) is 0 Å². The average molecular weight is 263 g/mol. The van der Waals surface area contributed by atoms with Crippen LogP contribution in [-0.2, 0) is 16.1 Å². The minimum atomic E-state index is -0.754. The number of hydroxylamine groups is 2. The van der Waals surface area contributed by atoms with E-state index >= 15 is 0 Å². The van der Waals surface area contributed by atoms with E-state index in [2.05, 4.69) is 0 Å². The van der Waals surface area contributed by atoms with Gasteiger partial charge in [0.2, 0.25) is 0 Å². The van der Waals surface area contributed by atoms with Crippen molar-refractivity contribution < 1.29 is 19.5 Å². The zero-order chi connectivity index (χ0) is 13.7. The topological polar surface area (TPSA) is 59.0 Å². The number of carbonyl (C=O) groups is 1. The Labute approximate surface area is 112 Å². The molecule has 1 aromatic rings.